The summed E-state index contributed by atoms with van der Waals surface area (Å²) in [4.78, 5) is 18.1. The molecule has 136 valence electrons. The molecule has 26 heavy (non-hydrogen) atoms. The molecule has 0 aliphatic carbocycles. The molecule has 1 saturated heterocycles. The monoisotopic (exact) mass is 374 g/mol. The maximum atomic E-state index is 14.2. The molecule has 0 radical (unpaired) electrons. The highest BCUT2D eigenvalue weighted by molar-refractivity contribution is 6.31. The molecule has 4 rings (SSSR count). The van der Waals surface area contributed by atoms with Crippen LogP contribution in [0, 0.1) is 11.7 Å². The Balaban J connectivity index is 1.58. The lowest BCUT2D eigenvalue weighted by molar-refractivity contribution is 0.217. The zero-order valence-corrected chi connectivity index (χ0v) is 15.2. The Kier molecular flexibility index (Phi) is 4.74. The molecule has 1 fully saturated rings. The summed E-state index contributed by atoms with van der Waals surface area (Å²) in [6, 6.07) is 1.80. The van der Waals surface area contributed by atoms with E-state index in [1.54, 1.807) is 18.5 Å². The van der Waals surface area contributed by atoms with E-state index in [9.17, 15) is 4.39 Å². The van der Waals surface area contributed by atoms with Crippen molar-refractivity contribution >= 4 is 28.5 Å². The average molecular weight is 375 g/mol. The molecule has 2 N–H and O–H groups in total. The highest BCUT2D eigenvalue weighted by atomic mass is 35.5. The van der Waals surface area contributed by atoms with Crippen molar-refractivity contribution < 1.29 is 4.39 Å². The van der Waals surface area contributed by atoms with Crippen LogP contribution in [0.15, 0.2) is 24.7 Å². The Morgan fingerprint density at radius 3 is 3.12 bits per heavy atom. The van der Waals surface area contributed by atoms with E-state index in [0.29, 0.717) is 29.0 Å². The summed E-state index contributed by atoms with van der Waals surface area (Å²) in [5.74, 6) is 0.703. The fourth-order valence-corrected chi connectivity index (χ4v) is 3.62. The number of halogens is 2. The van der Waals surface area contributed by atoms with Crippen LogP contribution >= 0.6 is 11.6 Å². The lowest BCUT2D eigenvalue weighted by Gasteiger charge is -2.29. The summed E-state index contributed by atoms with van der Waals surface area (Å²) in [7, 11) is 2.12. The van der Waals surface area contributed by atoms with Gasteiger partial charge in [-0.2, -0.15) is 0 Å². The summed E-state index contributed by atoms with van der Waals surface area (Å²) in [5, 5.41) is 4.50. The number of hydrogen-bond donors (Lipinski definition) is 2. The second kappa shape index (κ2) is 7.17. The Bertz CT molecular complexity index is 927. The van der Waals surface area contributed by atoms with Crippen molar-refractivity contribution in [1.29, 1.82) is 0 Å². The van der Waals surface area contributed by atoms with Gasteiger partial charge in [-0.25, -0.2) is 19.3 Å². The van der Waals surface area contributed by atoms with Gasteiger partial charge in [-0.05, 0) is 38.4 Å². The fourth-order valence-electron chi connectivity index (χ4n) is 3.46. The van der Waals surface area contributed by atoms with Crippen LogP contribution in [0.2, 0.25) is 5.02 Å². The molecule has 0 spiro atoms. The molecule has 4 heterocycles. The molecule has 0 amide bonds. The van der Waals surface area contributed by atoms with Crippen LogP contribution in [-0.4, -0.2) is 51.5 Å². The van der Waals surface area contributed by atoms with Gasteiger partial charge in [-0.1, -0.05) is 11.6 Å². The minimum atomic E-state index is -0.450. The number of aromatic amines is 1. The minimum absolute atomic E-state index is 0.229. The molecule has 0 saturated carbocycles. The molecule has 0 aromatic carbocycles. The van der Waals surface area contributed by atoms with Gasteiger partial charge in [0.05, 0.1) is 11.2 Å². The van der Waals surface area contributed by atoms with Gasteiger partial charge in [0.2, 0.25) is 0 Å². The van der Waals surface area contributed by atoms with E-state index in [0.717, 1.165) is 30.5 Å². The van der Waals surface area contributed by atoms with Gasteiger partial charge < -0.3 is 15.2 Å². The first-order valence-corrected chi connectivity index (χ1v) is 9.06. The number of aromatic nitrogens is 4. The molecule has 1 aliphatic heterocycles. The first-order chi connectivity index (χ1) is 12.6. The Labute approximate surface area is 155 Å². The van der Waals surface area contributed by atoms with E-state index >= 15 is 0 Å². The fraction of sp³-hybridized carbons (Fsp3) is 0.389. The number of nitrogens with one attached hydrogen (secondary N) is 2. The number of fused-ring (bicyclic) bond motifs is 1. The normalized spacial score (nSPS) is 18.3. The number of H-pyrrole nitrogens is 1. The number of piperidine rings is 1. The van der Waals surface area contributed by atoms with Crippen LogP contribution in [0.1, 0.15) is 12.8 Å². The lowest BCUT2D eigenvalue weighted by Crippen LogP contribution is -2.35. The minimum Gasteiger partial charge on any atom is -0.367 e. The second-order valence-corrected chi connectivity index (χ2v) is 7.23. The maximum Gasteiger partial charge on any atom is 0.183 e. The summed E-state index contributed by atoms with van der Waals surface area (Å²) >= 11 is 6.05. The van der Waals surface area contributed by atoms with Crippen LogP contribution in [-0.2, 0) is 0 Å². The van der Waals surface area contributed by atoms with Crippen molar-refractivity contribution in [1.82, 2.24) is 24.8 Å². The van der Waals surface area contributed by atoms with E-state index in [4.69, 9.17) is 11.6 Å². The maximum absolute atomic E-state index is 14.2. The summed E-state index contributed by atoms with van der Waals surface area (Å²) in [6.07, 6.45) is 6.85. The van der Waals surface area contributed by atoms with E-state index < -0.39 is 5.82 Å². The van der Waals surface area contributed by atoms with Crippen molar-refractivity contribution in [3.63, 3.8) is 0 Å². The van der Waals surface area contributed by atoms with Crippen LogP contribution in [0.5, 0.6) is 0 Å². The average Bonchev–Trinajstić information content (AvgIpc) is 3.04. The first kappa shape index (κ1) is 17.2. The van der Waals surface area contributed by atoms with Gasteiger partial charge in [-0.3, -0.25) is 0 Å². The highest BCUT2D eigenvalue weighted by Crippen LogP contribution is 2.28. The number of rotatable bonds is 4. The van der Waals surface area contributed by atoms with Gasteiger partial charge in [0, 0.05) is 36.4 Å². The molecule has 0 unspecified atom stereocenters. The Morgan fingerprint density at radius 2 is 2.27 bits per heavy atom. The smallest absolute Gasteiger partial charge is 0.183 e. The molecule has 0 bridgehead atoms. The van der Waals surface area contributed by atoms with Crippen LogP contribution in [0.25, 0.3) is 22.4 Å². The van der Waals surface area contributed by atoms with Crippen LogP contribution in [0.4, 0.5) is 10.2 Å². The Morgan fingerprint density at radius 1 is 1.38 bits per heavy atom. The van der Waals surface area contributed by atoms with Gasteiger partial charge in [0.15, 0.2) is 17.5 Å². The third kappa shape index (κ3) is 3.50. The van der Waals surface area contributed by atoms with Gasteiger partial charge in [0.1, 0.15) is 5.65 Å². The van der Waals surface area contributed by atoms with Crippen molar-refractivity contribution in [3.05, 3.63) is 35.5 Å². The summed E-state index contributed by atoms with van der Waals surface area (Å²) < 4.78 is 14.2. The summed E-state index contributed by atoms with van der Waals surface area (Å²) in [5.41, 5.74) is 1.44. The number of hydrogen-bond acceptors (Lipinski definition) is 5. The third-order valence-electron chi connectivity index (χ3n) is 4.76. The molecule has 8 heteroatoms. The largest absolute Gasteiger partial charge is 0.367 e. The number of nitrogens with zero attached hydrogens (tertiary/aromatic N) is 4. The van der Waals surface area contributed by atoms with Gasteiger partial charge in [-0.15, -0.1) is 0 Å². The summed E-state index contributed by atoms with van der Waals surface area (Å²) in [6.45, 7) is 2.83. The van der Waals surface area contributed by atoms with Crippen molar-refractivity contribution in [2.45, 2.75) is 12.8 Å². The molecular weight excluding hydrogens is 355 g/mol. The zero-order valence-electron chi connectivity index (χ0n) is 14.5. The number of likely N-dealkylation sites (tertiary alicyclic amines) is 1. The second-order valence-electron chi connectivity index (χ2n) is 6.79. The molecular formula is C18H20ClFN6. The zero-order chi connectivity index (χ0) is 18.1. The highest BCUT2D eigenvalue weighted by Gasteiger charge is 2.18. The topological polar surface area (TPSA) is 69.7 Å². The van der Waals surface area contributed by atoms with Crippen molar-refractivity contribution in [2.75, 3.05) is 32.0 Å². The molecule has 6 nitrogen and oxygen atoms in total. The van der Waals surface area contributed by atoms with E-state index in [-0.39, 0.29) is 5.82 Å². The molecule has 3 aromatic rings. The standard InChI is InChI=1S/C18H20ClFN6/c1-26-4-2-3-11(10-26)6-21-18-15(20)9-24-17(25-18)14-8-23-16-13(14)5-12(19)7-22-16/h5,7-9,11H,2-4,6,10H2,1H3,(H,22,23)(H,21,24,25)/t11-/m1/s1. The quantitative estimate of drug-likeness (QED) is 0.730. The SMILES string of the molecule is CN1CCC[C@H](CNc2nc(-c3c[nH]c4ncc(Cl)cc34)ncc2F)C1. The molecule has 1 aliphatic rings. The number of anilines is 1. The third-order valence-corrected chi connectivity index (χ3v) is 4.97. The van der Waals surface area contributed by atoms with Gasteiger partial charge in [0.25, 0.3) is 0 Å². The van der Waals surface area contributed by atoms with Gasteiger partial charge >= 0.3 is 0 Å². The van der Waals surface area contributed by atoms with E-state index in [2.05, 4.69) is 37.2 Å². The van der Waals surface area contributed by atoms with E-state index in [1.165, 1.54) is 12.6 Å². The predicted molar refractivity (Wildman–Crippen MR) is 101 cm³/mol. The first-order valence-electron chi connectivity index (χ1n) is 8.68. The predicted octanol–water partition coefficient (Wildman–Crippen LogP) is 3.57. The number of pyridine rings is 1. The van der Waals surface area contributed by atoms with Crippen molar-refractivity contribution in [2.24, 2.45) is 5.92 Å². The lowest BCUT2D eigenvalue weighted by atomic mass is 9.98. The molecule has 1 atom stereocenters. The van der Waals surface area contributed by atoms with Crippen molar-refractivity contribution in [3.8, 4) is 11.4 Å². The van der Waals surface area contributed by atoms with Crippen LogP contribution in [0.3, 0.4) is 0 Å². The Hall–Kier alpha value is -2.25. The van der Waals surface area contributed by atoms with Crippen LogP contribution < -0.4 is 5.32 Å². The molecule has 3 aromatic heterocycles. The van der Waals surface area contributed by atoms with E-state index in [1.807, 2.05) is 0 Å².